The van der Waals surface area contributed by atoms with Crippen LogP contribution in [0.25, 0.3) is 0 Å². The zero-order valence-corrected chi connectivity index (χ0v) is 23.9. The topological polar surface area (TPSA) is 65.6 Å². The molecular formula is C29H50N4O4. The Kier molecular flexibility index (Phi) is 8.21. The number of amides is 2. The van der Waals surface area contributed by atoms with Crippen LogP contribution in [0.4, 0.5) is 0 Å². The lowest BCUT2D eigenvalue weighted by molar-refractivity contribution is -0.298. The van der Waals surface area contributed by atoms with Crippen LogP contribution in [0.2, 0.25) is 0 Å². The van der Waals surface area contributed by atoms with Gasteiger partial charge in [0.25, 0.3) is 0 Å². The molecule has 0 aromatic rings. The molecule has 210 valence electrons. The molecule has 8 heteroatoms. The Hall–Kier alpha value is -1.22. The number of carbonyl (C=O) groups excluding carboxylic acids is 2. The molecule has 1 unspecified atom stereocenters. The number of likely N-dealkylation sites (tertiary alicyclic amines) is 2. The van der Waals surface area contributed by atoms with E-state index in [0.717, 1.165) is 44.6 Å². The van der Waals surface area contributed by atoms with E-state index in [2.05, 4.69) is 37.5 Å². The molecular weight excluding hydrogens is 468 g/mol. The zero-order valence-electron chi connectivity index (χ0n) is 23.9. The van der Waals surface area contributed by atoms with Crippen molar-refractivity contribution in [2.24, 2.45) is 29.6 Å². The number of likely N-dealkylation sites (N-methyl/N-ethyl adjacent to an activating group) is 1. The number of piperidine rings is 2. The minimum absolute atomic E-state index is 0.103. The molecule has 5 aliphatic rings. The van der Waals surface area contributed by atoms with Crippen LogP contribution in [0.3, 0.4) is 0 Å². The Labute approximate surface area is 224 Å². The second-order valence-electron chi connectivity index (χ2n) is 13.5. The van der Waals surface area contributed by atoms with Crippen LogP contribution < -0.4 is 0 Å². The van der Waals surface area contributed by atoms with Gasteiger partial charge < -0.3 is 24.2 Å². The molecule has 4 heterocycles. The Bertz CT molecular complexity index is 807. The summed E-state index contributed by atoms with van der Waals surface area (Å²) >= 11 is 0. The Morgan fingerprint density at radius 3 is 2.22 bits per heavy atom. The summed E-state index contributed by atoms with van der Waals surface area (Å²) < 4.78 is 12.7. The molecule has 1 saturated carbocycles. The fourth-order valence-electron chi connectivity index (χ4n) is 7.07. The van der Waals surface area contributed by atoms with Crippen molar-refractivity contribution in [3.8, 4) is 0 Å². The number of rotatable bonds is 8. The average Bonchev–Trinajstić information content (AvgIpc) is 3.47. The summed E-state index contributed by atoms with van der Waals surface area (Å²) in [6.07, 6.45) is 4.39. The van der Waals surface area contributed by atoms with Gasteiger partial charge in [-0.25, -0.2) is 0 Å². The third-order valence-corrected chi connectivity index (χ3v) is 9.42. The van der Waals surface area contributed by atoms with E-state index in [4.69, 9.17) is 9.47 Å². The Balaban J connectivity index is 1.15. The lowest BCUT2D eigenvalue weighted by atomic mass is 9.94. The molecule has 0 bridgehead atoms. The minimum atomic E-state index is -0.542. The highest BCUT2D eigenvalue weighted by molar-refractivity contribution is 5.90. The number of piperazine rings is 1. The molecule has 37 heavy (non-hydrogen) atoms. The van der Waals surface area contributed by atoms with E-state index in [0.29, 0.717) is 56.7 Å². The molecule has 4 atom stereocenters. The first-order chi connectivity index (χ1) is 17.6. The Morgan fingerprint density at radius 1 is 0.973 bits per heavy atom. The second kappa shape index (κ2) is 11.1. The fourth-order valence-corrected chi connectivity index (χ4v) is 7.07. The summed E-state index contributed by atoms with van der Waals surface area (Å²) in [4.78, 5) is 36.1. The summed E-state index contributed by atoms with van der Waals surface area (Å²) in [5.74, 6) is 2.82. The van der Waals surface area contributed by atoms with Gasteiger partial charge in [0.15, 0.2) is 5.79 Å². The van der Waals surface area contributed by atoms with E-state index in [1.807, 2.05) is 16.8 Å². The highest BCUT2D eigenvalue weighted by Gasteiger charge is 2.47. The molecule has 0 N–H and O–H groups in total. The van der Waals surface area contributed by atoms with Gasteiger partial charge in [0.05, 0.1) is 19.3 Å². The van der Waals surface area contributed by atoms with E-state index >= 15 is 0 Å². The molecule has 0 radical (unpaired) electrons. The van der Waals surface area contributed by atoms with Crippen LogP contribution >= 0.6 is 0 Å². The number of nitrogens with zero attached hydrogens (tertiary/aromatic N) is 4. The van der Waals surface area contributed by atoms with E-state index in [1.165, 1.54) is 19.5 Å². The third-order valence-electron chi connectivity index (χ3n) is 9.42. The molecule has 1 spiro atoms. The van der Waals surface area contributed by atoms with Crippen LogP contribution in [-0.4, -0.2) is 115 Å². The van der Waals surface area contributed by atoms with Gasteiger partial charge in [-0.15, -0.1) is 0 Å². The maximum atomic E-state index is 13.9. The average molecular weight is 519 g/mol. The minimum Gasteiger partial charge on any atom is -0.349 e. The van der Waals surface area contributed by atoms with Crippen LogP contribution in [0.1, 0.15) is 59.8 Å². The number of hydrogen-bond donors (Lipinski definition) is 0. The number of hydrogen-bond acceptors (Lipinski definition) is 6. The van der Waals surface area contributed by atoms with Crippen molar-refractivity contribution in [2.45, 2.75) is 77.7 Å². The highest BCUT2D eigenvalue weighted by Crippen LogP contribution is 2.45. The quantitative estimate of drug-likeness (QED) is 0.492. The Morgan fingerprint density at radius 2 is 1.62 bits per heavy atom. The first kappa shape index (κ1) is 27.4. The van der Waals surface area contributed by atoms with E-state index in [9.17, 15) is 9.59 Å². The molecule has 5 fully saturated rings. The largest absolute Gasteiger partial charge is 0.349 e. The maximum Gasteiger partial charge on any atom is 0.245 e. The van der Waals surface area contributed by atoms with Gasteiger partial charge in [-0.1, -0.05) is 27.7 Å². The molecule has 0 aromatic heterocycles. The van der Waals surface area contributed by atoms with Gasteiger partial charge in [0.1, 0.15) is 6.04 Å². The molecule has 4 aliphatic heterocycles. The molecule has 0 aromatic carbocycles. The molecule has 1 aliphatic carbocycles. The van der Waals surface area contributed by atoms with E-state index in [1.54, 1.807) is 0 Å². The summed E-state index contributed by atoms with van der Waals surface area (Å²) in [7, 11) is 2.04. The van der Waals surface area contributed by atoms with Gasteiger partial charge in [-0.3, -0.25) is 14.5 Å². The normalized spacial score (nSPS) is 32.0. The van der Waals surface area contributed by atoms with Crippen molar-refractivity contribution >= 4 is 11.8 Å². The zero-order chi connectivity index (χ0) is 26.3. The SMILES string of the molecule is CC(C)C[C@H]1C(=O)N([C@@H](CC(C)C)C(=O)N2CCC3(CC2)OCC(CN2CC4C[C@@H]4C2)CO3)CCN1C. The van der Waals surface area contributed by atoms with Crippen molar-refractivity contribution in [1.82, 2.24) is 19.6 Å². The van der Waals surface area contributed by atoms with E-state index in [-0.39, 0.29) is 23.9 Å². The highest BCUT2D eigenvalue weighted by atomic mass is 16.7. The van der Waals surface area contributed by atoms with Gasteiger partial charge >= 0.3 is 0 Å². The molecule has 5 rings (SSSR count). The maximum absolute atomic E-state index is 13.9. The number of fused-ring (bicyclic) bond motifs is 1. The first-order valence-corrected chi connectivity index (χ1v) is 14.9. The van der Waals surface area contributed by atoms with Crippen molar-refractivity contribution in [3.63, 3.8) is 0 Å². The lowest BCUT2D eigenvalue weighted by Crippen LogP contribution is -2.63. The van der Waals surface area contributed by atoms with Crippen LogP contribution in [0.5, 0.6) is 0 Å². The fraction of sp³-hybridized carbons (Fsp3) is 0.931. The predicted molar refractivity (Wildman–Crippen MR) is 143 cm³/mol. The second-order valence-corrected chi connectivity index (χ2v) is 13.5. The molecule has 8 nitrogen and oxygen atoms in total. The van der Waals surface area contributed by atoms with Crippen molar-refractivity contribution in [1.29, 1.82) is 0 Å². The summed E-state index contributed by atoms with van der Waals surface area (Å²) in [5.41, 5.74) is 0. The van der Waals surface area contributed by atoms with Crippen molar-refractivity contribution in [3.05, 3.63) is 0 Å². The van der Waals surface area contributed by atoms with Gasteiger partial charge in [0, 0.05) is 64.6 Å². The van der Waals surface area contributed by atoms with E-state index < -0.39 is 5.79 Å². The molecule has 2 amide bonds. The third kappa shape index (κ3) is 6.18. The van der Waals surface area contributed by atoms with Gasteiger partial charge in [-0.2, -0.15) is 0 Å². The lowest BCUT2D eigenvalue weighted by Gasteiger charge is -2.47. The van der Waals surface area contributed by atoms with Crippen LogP contribution in [0.15, 0.2) is 0 Å². The van der Waals surface area contributed by atoms with Gasteiger partial charge in [-0.05, 0) is 50.0 Å². The standard InChI is InChI=1S/C29H50N4O4/c1-20(2)12-25-28(35)33(11-10-30(25)5)26(13-21(3)4)27(34)32-8-6-29(7-9-32)36-18-22(19-37-29)15-31-16-23-14-24(23)17-31/h20-26H,6-19H2,1-5H3/t23-,24?,25+,26+/m1/s1. The summed E-state index contributed by atoms with van der Waals surface area (Å²) in [6, 6.07) is -0.515. The summed E-state index contributed by atoms with van der Waals surface area (Å²) in [6.45, 7) is 16.4. The smallest absolute Gasteiger partial charge is 0.245 e. The number of ether oxygens (including phenoxy) is 2. The van der Waals surface area contributed by atoms with Gasteiger partial charge in [0.2, 0.25) is 11.8 Å². The first-order valence-electron chi connectivity index (χ1n) is 14.9. The summed E-state index contributed by atoms with van der Waals surface area (Å²) in [5, 5.41) is 0. The number of carbonyl (C=O) groups is 2. The van der Waals surface area contributed by atoms with Crippen LogP contribution in [0, 0.1) is 29.6 Å². The molecule has 4 saturated heterocycles. The predicted octanol–water partition coefficient (Wildman–Crippen LogP) is 2.52. The van der Waals surface area contributed by atoms with Crippen LogP contribution in [-0.2, 0) is 19.1 Å². The monoisotopic (exact) mass is 518 g/mol. The van der Waals surface area contributed by atoms with Crippen molar-refractivity contribution < 1.29 is 19.1 Å². The van der Waals surface area contributed by atoms with Crippen molar-refractivity contribution in [2.75, 3.05) is 66.1 Å².